The highest BCUT2D eigenvalue weighted by molar-refractivity contribution is 5.78. The highest BCUT2D eigenvalue weighted by Crippen LogP contribution is 2.31. The Balaban J connectivity index is 2.71. The van der Waals surface area contributed by atoms with Crippen LogP contribution in [0.2, 0.25) is 0 Å². The predicted molar refractivity (Wildman–Crippen MR) is 89.6 cm³/mol. The van der Waals surface area contributed by atoms with Crippen molar-refractivity contribution in [3.8, 4) is 0 Å². The second-order valence-electron chi connectivity index (χ2n) is 4.92. The first-order valence-corrected chi connectivity index (χ1v) is 7.24. The molecule has 1 aromatic carbocycles. The molecule has 0 nitrogen and oxygen atoms in total. The molecule has 2 rings (SSSR count). The lowest BCUT2D eigenvalue weighted by Crippen LogP contribution is -1.97. The molecule has 102 valence electrons. The van der Waals surface area contributed by atoms with E-state index in [1.54, 1.807) is 0 Å². The van der Waals surface area contributed by atoms with Crippen molar-refractivity contribution in [2.75, 3.05) is 0 Å². The second-order valence-corrected chi connectivity index (χ2v) is 4.92. The molecule has 1 aromatic rings. The molecule has 0 heterocycles. The Kier molecular flexibility index (Phi) is 4.95. The molecule has 1 aliphatic rings. The van der Waals surface area contributed by atoms with Gasteiger partial charge >= 0.3 is 0 Å². The Hall–Kier alpha value is -2.08. The maximum Gasteiger partial charge on any atom is -0.00883 e. The van der Waals surface area contributed by atoms with Crippen LogP contribution in [0.15, 0.2) is 78.4 Å². The summed E-state index contributed by atoms with van der Waals surface area (Å²) in [6, 6.07) is 8.68. The van der Waals surface area contributed by atoms with Crippen LogP contribution in [-0.4, -0.2) is 0 Å². The summed E-state index contributed by atoms with van der Waals surface area (Å²) in [6.45, 7) is 8.50. The van der Waals surface area contributed by atoms with Crippen LogP contribution < -0.4 is 0 Å². The first kappa shape index (κ1) is 14.3. The monoisotopic (exact) mass is 262 g/mol. The molecule has 0 spiro atoms. The fourth-order valence-electron chi connectivity index (χ4n) is 2.62. The standard InChI is InChI=1S/C20H22/c1-4-11-19-16(3)12-7-6-8-13-17-14-9-10-15-20(17)18(19)5-2/h4,6-12,14-15H,3,5,13H2,1-2H3/b8-6-,11-4-,12-7?,19-18-. The van der Waals surface area contributed by atoms with Gasteiger partial charge in [0.1, 0.15) is 0 Å². The Morgan fingerprint density at radius 3 is 2.75 bits per heavy atom. The van der Waals surface area contributed by atoms with Gasteiger partial charge < -0.3 is 0 Å². The van der Waals surface area contributed by atoms with Gasteiger partial charge in [-0.15, -0.1) is 0 Å². The van der Waals surface area contributed by atoms with Crippen LogP contribution in [0.3, 0.4) is 0 Å². The first-order chi connectivity index (χ1) is 9.77. The normalized spacial score (nSPS) is 21.0. The van der Waals surface area contributed by atoms with Crippen molar-refractivity contribution in [2.45, 2.75) is 26.7 Å². The van der Waals surface area contributed by atoms with Crippen molar-refractivity contribution in [1.82, 2.24) is 0 Å². The van der Waals surface area contributed by atoms with E-state index >= 15 is 0 Å². The van der Waals surface area contributed by atoms with Gasteiger partial charge in [-0.05, 0) is 47.6 Å². The molecule has 0 N–H and O–H groups in total. The van der Waals surface area contributed by atoms with E-state index in [9.17, 15) is 0 Å². The number of rotatable bonds is 2. The van der Waals surface area contributed by atoms with Crippen molar-refractivity contribution in [3.63, 3.8) is 0 Å². The van der Waals surface area contributed by atoms with Gasteiger partial charge in [-0.3, -0.25) is 0 Å². The van der Waals surface area contributed by atoms with Crippen LogP contribution in [0.4, 0.5) is 0 Å². The van der Waals surface area contributed by atoms with Gasteiger partial charge in [-0.2, -0.15) is 0 Å². The molecule has 0 bridgehead atoms. The van der Waals surface area contributed by atoms with Crippen molar-refractivity contribution >= 4 is 5.57 Å². The molecule has 0 atom stereocenters. The molecule has 0 saturated carbocycles. The maximum absolute atomic E-state index is 4.23. The third kappa shape index (κ3) is 3.08. The van der Waals surface area contributed by atoms with E-state index < -0.39 is 0 Å². The van der Waals surface area contributed by atoms with Gasteiger partial charge in [0.15, 0.2) is 0 Å². The summed E-state index contributed by atoms with van der Waals surface area (Å²) in [7, 11) is 0. The summed E-state index contributed by atoms with van der Waals surface area (Å²) < 4.78 is 0. The summed E-state index contributed by atoms with van der Waals surface area (Å²) in [4.78, 5) is 0. The lowest BCUT2D eigenvalue weighted by Gasteiger charge is -2.16. The zero-order valence-electron chi connectivity index (χ0n) is 12.4. The molecular formula is C20H22. The average Bonchev–Trinajstić information content (AvgIpc) is 2.47. The number of fused-ring (bicyclic) bond motifs is 1. The molecule has 0 radical (unpaired) electrons. The quantitative estimate of drug-likeness (QED) is 0.646. The van der Waals surface area contributed by atoms with E-state index in [-0.39, 0.29) is 0 Å². The van der Waals surface area contributed by atoms with Crippen molar-refractivity contribution in [2.24, 2.45) is 0 Å². The molecule has 0 fully saturated rings. The minimum atomic E-state index is 0.972. The minimum absolute atomic E-state index is 0.972. The van der Waals surface area contributed by atoms with Gasteiger partial charge in [0.2, 0.25) is 0 Å². The Bertz CT molecular complexity index is 607. The molecule has 1 aliphatic carbocycles. The molecule has 20 heavy (non-hydrogen) atoms. The van der Waals surface area contributed by atoms with Gasteiger partial charge in [0.25, 0.3) is 0 Å². The third-order valence-corrected chi connectivity index (χ3v) is 3.58. The minimum Gasteiger partial charge on any atom is -0.0911 e. The molecule has 0 saturated heterocycles. The molecule has 0 aliphatic heterocycles. The molecule has 0 unspecified atom stereocenters. The van der Waals surface area contributed by atoms with E-state index in [2.05, 4.69) is 81.1 Å². The van der Waals surface area contributed by atoms with Crippen LogP contribution >= 0.6 is 0 Å². The summed E-state index contributed by atoms with van der Waals surface area (Å²) in [5, 5.41) is 0. The average molecular weight is 262 g/mol. The molecule has 0 amide bonds. The fourth-order valence-corrected chi connectivity index (χ4v) is 2.62. The van der Waals surface area contributed by atoms with Crippen LogP contribution in [0.25, 0.3) is 5.57 Å². The zero-order valence-corrected chi connectivity index (χ0v) is 12.4. The van der Waals surface area contributed by atoms with Crippen molar-refractivity contribution in [1.29, 1.82) is 0 Å². The smallest absolute Gasteiger partial charge is 0.00883 e. The fraction of sp³-hybridized carbons (Fsp3) is 0.200. The van der Waals surface area contributed by atoms with E-state index in [1.165, 1.54) is 22.3 Å². The molecular weight excluding hydrogens is 240 g/mol. The SMILES string of the molecule is C=C1C=C/C=C\Cc2ccccc2/C(CC)=C1/C=C\C. The van der Waals surface area contributed by atoms with E-state index in [1.807, 2.05) is 0 Å². The first-order valence-electron chi connectivity index (χ1n) is 7.24. The summed E-state index contributed by atoms with van der Waals surface area (Å²) in [5.41, 5.74) is 6.42. The topological polar surface area (TPSA) is 0 Å². The predicted octanol–water partition coefficient (Wildman–Crippen LogP) is 5.65. The Morgan fingerprint density at radius 2 is 2.00 bits per heavy atom. The number of hydrogen-bond acceptors (Lipinski definition) is 0. The second kappa shape index (κ2) is 6.91. The van der Waals surface area contributed by atoms with Crippen molar-refractivity contribution < 1.29 is 0 Å². The van der Waals surface area contributed by atoms with Crippen LogP contribution in [0, 0.1) is 0 Å². The maximum atomic E-state index is 4.23. The summed E-state index contributed by atoms with van der Waals surface area (Å²) in [5.74, 6) is 0. The lowest BCUT2D eigenvalue weighted by molar-refractivity contribution is 1.18. The Labute approximate surface area is 122 Å². The van der Waals surface area contributed by atoms with E-state index in [4.69, 9.17) is 0 Å². The van der Waals surface area contributed by atoms with Crippen LogP contribution in [-0.2, 0) is 6.42 Å². The third-order valence-electron chi connectivity index (χ3n) is 3.58. The largest absolute Gasteiger partial charge is 0.0911 e. The van der Waals surface area contributed by atoms with Crippen molar-refractivity contribution in [3.05, 3.63) is 89.6 Å². The van der Waals surface area contributed by atoms with Gasteiger partial charge in [-0.25, -0.2) is 0 Å². The number of allylic oxidation sites excluding steroid dienone is 9. The molecule has 0 heteroatoms. The number of benzene rings is 1. The Morgan fingerprint density at radius 1 is 1.20 bits per heavy atom. The van der Waals surface area contributed by atoms with E-state index in [0.29, 0.717) is 0 Å². The summed E-state index contributed by atoms with van der Waals surface area (Å²) >= 11 is 0. The lowest BCUT2D eigenvalue weighted by atomic mass is 9.88. The summed E-state index contributed by atoms with van der Waals surface area (Å²) in [6.07, 6.45) is 14.7. The van der Waals surface area contributed by atoms with Crippen LogP contribution in [0.5, 0.6) is 0 Å². The van der Waals surface area contributed by atoms with Gasteiger partial charge in [0.05, 0.1) is 0 Å². The van der Waals surface area contributed by atoms with Crippen LogP contribution in [0.1, 0.15) is 31.4 Å². The molecule has 0 aromatic heterocycles. The zero-order chi connectivity index (χ0) is 14.4. The number of hydrogen-bond donors (Lipinski definition) is 0. The van der Waals surface area contributed by atoms with E-state index in [0.717, 1.165) is 18.4 Å². The van der Waals surface area contributed by atoms with Gasteiger partial charge in [0, 0.05) is 0 Å². The highest BCUT2D eigenvalue weighted by Gasteiger charge is 2.11. The highest BCUT2D eigenvalue weighted by atomic mass is 14.2. The van der Waals surface area contributed by atoms with Gasteiger partial charge in [-0.1, -0.05) is 74.2 Å².